The van der Waals surface area contributed by atoms with E-state index in [0.717, 1.165) is 70.9 Å². The molecule has 1 aliphatic heterocycles. The standard InChI is InChI=1S/C21H36N4O3/c1-2-28-19-8-6-18(7-9-19)4-3-5-20(21(26)27)25-16-14-23-12-10-22-11-13-24-15-17-25/h6-9,20,22-24H,2-5,10-17H2,1H3,(H,26,27)/t20-/m1/s1. The molecule has 158 valence electrons. The smallest absolute Gasteiger partial charge is 0.320 e. The maximum Gasteiger partial charge on any atom is 0.320 e. The van der Waals surface area contributed by atoms with Crippen molar-refractivity contribution in [1.29, 1.82) is 0 Å². The predicted octanol–water partition coefficient (Wildman–Crippen LogP) is 0.946. The van der Waals surface area contributed by atoms with Crippen molar-refractivity contribution in [3.8, 4) is 5.75 Å². The largest absolute Gasteiger partial charge is 0.494 e. The Balaban J connectivity index is 1.85. The number of hydrogen-bond acceptors (Lipinski definition) is 6. The molecule has 0 aromatic heterocycles. The van der Waals surface area contributed by atoms with E-state index in [1.807, 2.05) is 19.1 Å². The van der Waals surface area contributed by atoms with Gasteiger partial charge in [-0.25, -0.2) is 0 Å². The van der Waals surface area contributed by atoms with Crippen LogP contribution in [0.25, 0.3) is 0 Å². The Labute approximate surface area is 168 Å². The van der Waals surface area contributed by atoms with Crippen LogP contribution >= 0.6 is 0 Å². The summed E-state index contributed by atoms with van der Waals surface area (Å²) in [5, 5.41) is 20.0. The lowest BCUT2D eigenvalue weighted by molar-refractivity contribution is -0.143. The highest BCUT2D eigenvalue weighted by molar-refractivity contribution is 5.73. The first-order chi connectivity index (χ1) is 13.7. The first-order valence-corrected chi connectivity index (χ1v) is 10.5. The molecule has 0 bridgehead atoms. The molecule has 7 nitrogen and oxygen atoms in total. The molecule has 0 saturated carbocycles. The van der Waals surface area contributed by atoms with Gasteiger partial charge >= 0.3 is 5.97 Å². The third-order valence-electron chi connectivity index (χ3n) is 5.01. The van der Waals surface area contributed by atoms with Gasteiger partial charge in [-0.2, -0.15) is 0 Å². The first kappa shape index (κ1) is 22.6. The van der Waals surface area contributed by atoms with Crippen LogP contribution < -0.4 is 20.7 Å². The van der Waals surface area contributed by atoms with E-state index < -0.39 is 12.0 Å². The zero-order chi connectivity index (χ0) is 20.0. The van der Waals surface area contributed by atoms with Crippen LogP contribution in [0.3, 0.4) is 0 Å². The number of ether oxygens (including phenoxy) is 1. The van der Waals surface area contributed by atoms with E-state index in [4.69, 9.17) is 4.74 Å². The fourth-order valence-electron chi connectivity index (χ4n) is 3.48. The van der Waals surface area contributed by atoms with Gasteiger partial charge in [0, 0.05) is 52.4 Å². The molecule has 2 rings (SSSR count). The van der Waals surface area contributed by atoms with Gasteiger partial charge < -0.3 is 25.8 Å². The molecule has 0 aliphatic carbocycles. The average molecular weight is 393 g/mol. The summed E-state index contributed by atoms with van der Waals surface area (Å²) in [6.07, 6.45) is 2.39. The number of benzene rings is 1. The van der Waals surface area contributed by atoms with Gasteiger partial charge in [-0.1, -0.05) is 12.1 Å². The van der Waals surface area contributed by atoms with Crippen LogP contribution in [0.4, 0.5) is 0 Å². The van der Waals surface area contributed by atoms with E-state index in [9.17, 15) is 9.90 Å². The summed E-state index contributed by atoms with van der Waals surface area (Å²) in [5.41, 5.74) is 1.22. The van der Waals surface area contributed by atoms with Gasteiger partial charge in [0.15, 0.2) is 0 Å². The quantitative estimate of drug-likeness (QED) is 0.524. The summed E-state index contributed by atoms with van der Waals surface area (Å²) >= 11 is 0. The molecule has 0 unspecified atom stereocenters. The number of aliphatic carboxylic acids is 1. The van der Waals surface area contributed by atoms with Crippen LogP contribution in [-0.2, 0) is 11.2 Å². The molecule has 0 spiro atoms. The maximum absolute atomic E-state index is 11.9. The molecule has 1 heterocycles. The topological polar surface area (TPSA) is 85.9 Å². The predicted molar refractivity (Wildman–Crippen MR) is 112 cm³/mol. The molecule has 4 N–H and O–H groups in total. The Morgan fingerprint density at radius 1 is 1.04 bits per heavy atom. The lowest BCUT2D eigenvalue weighted by atomic mass is 10.0. The van der Waals surface area contributed by atoms with Crippen LogP contribution in [-0.4, -0.2) is 81.0 Å². The van der Waals surface area contributed by atoms with Gasteiger partial charge in [0.2, 0.25) is 0 Å². The minimum Gasteiger partial charge on any atom is -0.494 e. The second-order valence-electron chi connectivity index (χ2n) is 7.11. The molecule has 0 radical (unpaired) electrons. The SMILES string of the molecule is CCOc1ccc(CCC[C@H](C(=O)O)N2CCNCCNCCNCC2)cc1. The number of aryl methyl sites for hydroxylation is 1. The Morgan fingerprint density at radius 2 is 1.61 bits per heavy atom. The molecule has 1 aromatic rings. The summed E-state index contributed by atoms with van der Waals surface area (Å²) in [6, 6.07) is 7.66. The lowest BCUT2D eigenvalue weighted by Crippen LogP contribution is -2.48. The first-order valence-electron chi connectivity index (χ1n) is 10.5. The number of rotatable bonds is 8. The summed E-state index contributed by atoms with van der Waals surface area (Å²) in [5.74, 6) is 0.157. The van der Waals surface area contributed by atoms with Gasteiger partial charge in [-0.05, 0) is 43.9 Å². The van der Waals surface area contributed by atoms with Crippen molar-refractivity contribution < 1.29 is 14.6 Å². The lowest BCUT2D eigenvalue weighted by Gasteiger charge is -2.29. The van der Waals surface area contributed by atoms with Crippen LogP contribution in [0.1, 0.15) is 25.3 Å². The van der Waals surface area contributed by atoms with E-state index >= 15 is 0 Å². The van der Waals surface area contributed by atoms with Gasteiger partial charge in [0.05, 0.1) is 6.61 Å². The summed E-state index contributed by atoms with van der Waals surface area (Å²) in [7, 11) is 0. The highest BCUT2D eigenvalue weighted by atomic mass is 16.5. The van der Waals surface area contributed by atoms with Crippen molar-refractivity contribution in [2.24, 2.45) is 0 Å². The molecule has 1 aliphatic rings. The molecule has 0 amide bonds. The van der Waals surface area contributed by atoms with Crippen molar-refractivity contribution >= 4 is 5.97 Å². The molecule has 1 atom stereocenters. The fourth-order valence-corrected chi connectivity index (χ4v) is 3.48. The molecule has 1 saturated heterocycles. The molecule has 7 heteroatoms. The number of carboxylic acids is 1. The molecule has 1 aromatic carbocycles. The Bertz CT molecular complexity index is 541. The van der Waals surface area contributed by atoms with Crippen LogP contribution in [0.5, 0.6) is 5.75 Å². The number of carbonyl (C=O) groups is 1. The summed E-state index contributed by atoms with van der Waals surface area (Å²) < 4.78 is 5.47. The summed E-state index contributed by atoms with van der Waals surface area (Å²) in [4.78, 5) is 14.0. The Kier molecular flexibility index (Phi) is 10.9. The van der Waals surface area contributed by atoms with Crippen molar-refractivity contribution in [3.05, 3.63) is 29.8 Å². The number of nitrogens with zero attached hydrogens (tertiary/aromatic N) is 1. The van der Waals surface area contributed by atoms with Crippen molar-refractivity contribution in [1.82, 2.24) is 20.9 Å². The fraction of sp³-hybridized carbons (Fsp3) is 0.667. The molecular weight excluding hydrogens is 356 g/mol. The second kappa shape index (κ2) is 13.5. The van der Waals surface area contributed by atoms with Crippen molar-refractivity contribution in [3.63, 3.8) is 0 Å². The second-order valence-corrected chi connectivity index (χ2v) is 7.11. The van der Waals surface area contributed by atoms with Gasteiger partial charge in [0.25, 0.3) is 0 Å². The number of nitrogens with one attached hydrogen (secondary N) is 3. The number of hydrogen-bond donors (Lipinski definition) is 4. The highest BCUT2D eigenvalue weighted by Gasteiger charge is 2.24. The summed E-state index contributed by atoms with van der Waals surface area (Å²) in [6.45, 7) is 9.44. The zero-order valence-corrected chi connectivity index (χ0v) is 17.1. The third-order valence-corrected chi connectivity index (χ3v) is 5.01. The monoisotopic (exact) mass is 392 g/mol. The van der Waals surface area contributed by atoms with Crippen molar-refractivity contribution in [2.45, 2.75) is 32.2 Å². The molecule has 1 fully saturated rings. The van der Waals surface area contributed by atoms with Crippen molar-refractivity contribution in [2.75, 3.05) is 59.0 Å². The van der Waals surface area contributed by atoms with E-state index in [1.54, 1.807) is 0 Å². The Morgan fingerprint density at radius 3 is 2.14 bits per heavy atom. The van der Waals surface area contributed by atoms with Gasteiger partial charge in [-0.3, -0.25) is 9.69 Å². The minimum absolute atomic E-state index is 0.438. The molecular formula is C21H36N4O3. The minimum atomic E-state index is -0.722. The van der Waals surface area contributed by atoms with Crippen LogP contribution in [0, 0.1) is 0 Å². The van der Waals surface area contributed by atoms with Gasteiger partial charge in [0.1, 0.15) is 11.8 Å². The normalized spacial score (nSPS) is 18.6. The highest BCUT2D eigenvalue weighted by Crippen LogP contribution is 2.15. The Hall–Kier alpha value is -1.67. The molecule has 28 heavy (non-hydrogen) atoms. The average Bonchev–Trinajstić information content (AvgIpc) is 2.67. The van der Waals surface area contributed by atoms with Crippen LogP contribution in [0.15, 0.2) is 24.3 Å². The van der Waals surface area contributed by atoms with E-state index in [1.165, 1.54) is 5.56 Å². The van der Waals surface area contributed by atoms with E-state index in [-0.39, 0.29) is 0 Å². The van der Waals surface area contributed by atoms with E-state index in [0.29, 0.717) is 13.0 Å². The van der Waals surface area contributed by atoms with Gasteiger partial charge in [-0.15, -0.1) is 0 Å². The zero-order valence-electron chi connectivity index (χ0n) is 17.1. The van der Waals surface area contributed by atoms with Crippen LogP contribution in [0.2, 0.25) is 0 Å². The number of carboxylic acid groups (broad SMARTS) is 1. The van der Waals surface area contributed by atoms with E-state index in [2.05, 4.69) is 33.0 Å². The third kappa shape index (κ3) is 8.56. The maximum atomic E-state index is 11.9.